The van der Waals surface area contributed by atoms with Crippen molar-refractivity contribution in [1.29, 1.82) is 0 Å². The van der Waals surface area contributed by atoms with Crippen LogP contribution in [0.25, 0.3) is 10.1 Å². The maximum atomic E-state index is 13.9. The molecule has 2 aliphatic rings. The van der Waals surface area contributed by atoms with Crippen LogP contribution >= 0.6 is 11.3 Å². The summed E-state index contributed by atoms with van der Waals surface area (Å²) < 4.78 is 68.0. The number of cyclic esters (lactones) is 2. The van der Waals surface area contributed by atoms with Gasteiger partial charge in [0.25, 0.3) is 5.91 Å². The van der Waals surface area contributed by atoms with Crippen molar-refractivity contribution in [3.05, 3.63) is 52.4 Å². The third-order valence-corrected chi connectivity index (χ3v) is 10.3. The Morgan fingerprint density at radius 2 is 1.89 bits per heavy atom. The average Bonchev–Trinajstić information content (AvgIpc) is 3.74. The van der Waals surface area contributed by atoms with Gasteiger partial charge in [-0.15, -0.1) is 11.3 Å². The van der Waals surface area contributed by atoms with Crippen molar-refractivity contribution in [2.75, 3.05) is 70.9 Å². The lowest BCUT2D eigenvalue weighted by Crippen LogP contribution is -2.43. The molecule has 2 aliphatic heterocycles. The van der Waals surface area contributed by atoms with Gasteiger partial charge in [0.2, 0.25) is 5.91 Å². The predicted molar refractivity (Wildman–Crippen MR) is 202 cm³/mol. The van der Waals surface area contributed by atoms with E-state index in [0.29, 0.717) is 27.2 Å². The van der Waals surface area contributed by atoms with Gasteiger partial charge in [-0.3, -0.25) is 14.5 Å². The van der Waals surface area contributed by atoms with Gasteiger partial charge in [0, 0.05) is 44.8 Å². The van der Waals surface area contributed by atoms with Crippen LogP contribution in [0.15, 0.2) is 36.4 Å². The van der Waals surface area contributed by atoms with Crippen molar-refractivity contribution < 1.29 is 56.0 Å². The molecule has 0 saturated carbocycles. The van der Waals surface area contributed by atoms with Gasteiger partial charge in [-0.1, -0.05) is 24.0 Å². The number of methoxy groups -OCH3 is 2. The summed E-state index contributed by atoms with van der Waals surface area (Å²) >= 11 is 1.21. The Morgan fingerprint density at radius 1 is 1.11 bits per heavy atom. The number of fused-ring (bicyclic) bond motifs is 1. The predicted octanol–water partition coefficient (Wildman–Crippen LogP) is 4.44. The zero-order chi connectivity index (χ0) is 40.2. The van der Waals surface area contributed by atoms with Gasteiger partial charge in [0.15, 0.2) is 6.10 Å². The van der Waals surface area contributed by atoms with E-state index in [-0.39, 0.29) is 68.2 Å². The molecule has 18 heteroatoms. The Bertz CT molecular complexity index is 1940. The van der Waals surface area contributed by atoms with Crippen LogP contribution in [0.3, 0.4) is 0 Å². The molecule has 0 spiro atoms. The number of hydrogen-bond acceptors (Lipinski definition) is 13. The van der Waals surface area contributed by atoms with Gasteiger partial charge >= 0.3 is 18.3 Å². The summed E-state index contributed by atoms with van der Waals surface area (Å²) in [6.07, 6.45) is -5.14. The number of rotatable bonds is 17. The average molecular weight is 804 g/mol. The van der Waals surface area contributed by atoms with Gasteiger partial charge < -0.3 is 45.4 Å². The van der Waals surface area contributed by atoms with E-state index in [2.05, 4.69) is 32.7 Å². The molecule has 2 saturated heterocycles. The Labute approximate surface area is 325 Å². The molecule has 2 fully saturated rings. The van der Waals surface area contributed by atoms with Crippen LogP contribution in [0.1, 0.15) is 46.5 Å². The lowest BCUT2D eigenvalue weighted by Gasteiger charge is -2.33. The van der Waals surface area contributed by atoms with Crippen LogP contribution in [0, 0.1) is 11.8 Å². The van der Waals surface area contributed by atoms with E-state index in [1.807, 2.05) is 6.07 Å². The molecule has 1 aromatic heterocycles. The van der Waals surface area contributed by atoms with Crippen LogP contribution in [0.5, 0.6) is 5.75 Å². The summed E-state index contributed by atoms with van der Waals surface area (Å²) in [5.74, 6) is 4.15. The van der Waals surface area contributed by atoms with Crippen LogP contribution < -0.4 is 26.4 Å². The molecule has 56 heavy (non-hydrogen) atoms. The Morgan fingerprint density at radius 3 is 2.57 bits per heavy atom. The number of benzene rings is 2. The number of carbonyl (C=O) groups excluding carboxylic acids is 4. The number of amides is 2. The number of ether oxygens (including phenoxy) is 5. The molecule has 2 amide bonds. The third-order valence-electron chi connectivity index (χ3n) is 9.08. The van der Waals surface area contributed by atoms with Crippen LogP contribution in [-0.2, 0) is 35.0 Å². The maximum Gasteiger partial charge on any atom is 0.508 e. The van der Waals surface area contributed by atoms with E-state index in [1.165, 1.54) is 30.6 Å². The second kappa shape index (κ2) is 19.6. The highest BCUT2D eigenvalue weighted by Crippen LogP contribution is 2.39. The number of nitrogens with one attached hydrogen (secondary N) is 3. The van der Waals surface area contributed by atoms with Gasteiger partial charge in [0.1, 0.15) is 25.0 Å². The molecule has 0 radical (unpaired) electrons. The lowest BCUT2D eigenvalue weighted by molar-refractivity contribution is -0.143. The molecular weight excluding hydrogens is 760 g/mol. The first-order chi connectivity index (χ1) is 26.8. The number of hydrogen-bond donors (Lipinski definition) is 4. The zero-order valence-electron chi connectivity index (χ0n) is 30.9. The lowest BCUT2D eigenvalue weighted by atomic mass is 10.0. The van der Waals surface area contributed by atoms with Gasteiger partial charge in [-0.2, -0.15) is 13.2 Å². The largest absolute Gasteiger partial charge is 0.508 e. The molecule has 3 heterocycles. The molecule has 0 bridgehead atoms. The number of halogens is 3. The fourth-order valence-electron chi connectivity index (χ4n) is 6.33. The number of anilines is 2. The minimum Gasteiger partial charge on any atom is -0.489 e. The number of alkyl halides is 3. The molecule has 2 unspecified atom stereocenters. The van der Waals surface area contributed by atoms with E-state index < -0.39 is 42.6 Å². The minimum absolute atomic E-state index is 0.0271. The first kappa shape index (κ1) is 41.9. The fraction of sp³-hybridized carbons (Fsp3) is 0.474. The van der Waals surface area contributed by atoms with E-state index >= 15 is 0 Å². The minimum atomic E-state index is -4.46. The standard InChI is InChI=1S/C38H44F3N5O9S/c1-51-17-18-53-31-19-23(35(48)45-30(36(49)52-2)10-11-33(42)47)8-9-28(31)43-14-4-7-32-27(20-38(39,40)41)26-5-3-6-29(34(26)56-32)44-24-12-15-46(16-13-24)21-25-22-54-37(50)55-25/h3,5-6,8-9,19,24-25,30,43-44H,10-18,20-22H2,1-2H3,(H2,42,47)(H,45,48). The second-order valence-corrected chi connectivity index (χ2v) is 14.2. The summed E-state index contributed by atoms with van der Waals surface area (Å²) in [6.45, 7) is 2.75. The number of thiophene rings is 1. The van der Waals surface area contributed by atoms with Gasteiger partial charge in [-0.05, 0) is 54.5 Å². The Hall–Kier alpha value is -5.25. The quantitative estimate of drug-likeness (QED) is 0.0858. The zero-order valence-corrected chi connectivity index (χ0v) is 31.7. The molecular formula is C38H44F3N5O9S. The summed E-state index contributed by atoms with van der Waals surface area (Å²) in [5.41, 5.74) is 6.65. The number of esters is 1. The topological polar surface area (TPSA) is 180 Å². The molecule has 14 nitrogen and oxygen atoms in total. The fourth-order valence-corrected chi connectivity index (χ4v) is 7.50. The summed E-state index contributed by atoms with van der Waals surface area (Å²) in [4.78, 5) is 50.3. The number of nitrogens with zero attached hydrogens (tertiary/aromatic N) is 1. The number of likely N-dealkylation sites (tertiary alicyclic amines) is 1. The normalized spacial score (nSPS) is 16.6. The SMILES string of the molecule is COCCOc1cc(C(=O)NC(CCC(N)=O)C(=O)OC)ccc1NCC#Cc1sc2c(NC3CCN(CC4COC(=O)O4)CC3)cccc2c1CC(F)(F)F. The third kappa shape index (κ3) is 11.9. The van der Waals surface area contributed by atoms with E-state index in [4.69, 9.17) is 29.4 Å². The first-order valence-corrected chi connectivity index (χ1v) is 18.7. The van der Waals surface area contributed by atoms with Crippen molar-refractivity contribution in [1.82, 2.24) is 10.2 Å². The first-order valence-electron chi connectivity index (χ1n) is 17.9. The highest BCUT2D eigenvalue weighted by molar-refractivity contribution is 7.20. The Balaban J connectivity index is 1.29. The van der Waals surface area contributed by atoms with Gasteiger partial charge in [0.05, 0.1) is 47.6 Å². The van der Waals surface area contributed by atoms with Crippen molar-refractivity contribution in [3.63, 3.8) is 0 Å². The van der Waals surface area contributed by atoms with Crippen LogP contribution in [0.2, 0.25) is 0 Å². The van der Waals surface area contributed by atoms with E-state index in [1.54, 1.807) is 18.2 Å². The number of carbonyl (C=O) groups is 4. The molecule has 2 atom stereocenters. The number of primary amides is 1. The van der Waals surface area contributed by atoms with Crippen LogP contribution in [-0.4, -0.2) is 113 Å². The molecule has 3 aromatic rings. The highest BCUT2D eigenvalue weighted by Gasteiger charge is 2.32. The molecule has 302 valence electrons. The van der Waals surface area contributed by atoms with Crippen molar-refractivity contribution in [2.24, 2.45) is 5.73 Å². The number of nitrogens with two attached hydrogens (primary N) is 1. The van der Waals surface area contributed by atoms with Crippen molar-refractivity contribution in [2.45, 2.75) is 56.5 Å². The molecule has 5 N–H and O–H groups in total. The Kier molecular flexibility index (Phi) is 14.6. The van der Waals surface area contributed by atoms with Crippen molar-refractivity contribution in [3.8, 4) is 17.6 Å². The molecule has 0 aliphatic carbocycles. The smallest absolute Gasteiger partial charge is 0.489 e. The molecule has 2 aromatic carbocycles. The van der Waals surface area contributed by atoms with Gasteiger partial charge in [-0.25, -0.2) is 9.59 Å². The molecule has 5 rings (SSSR count). The van der Waals surface area contributed by atoms with Crippen LogP contribution in [0.4, 0.5) is 29.3 Å². The summed E-state index contributed by atoms with van der Waals surface area (Å²) in [6, 6.07) is 8.79. The highest BCUT2D eigenvalue weighted by atomic mass is 32.1. The number of piperidine rings is 1. The van der Waals surface area contributed by atoms with Crippen molar-refractivity contribution >= 4 is 56.7 Å². The van der Waals surface area contributed by atoms with E-state index in [0.717, 1.165) is 38.7 Å². The summed E-state index contributed by atoms with van der Waals surface area (Å²) in [5, 5.41) is 9.69. The summed E-state index contributed by atoms with van der Waals surface area (Å²) in [7, 11) is 2.66. The monoisotopic (exact) mass is 803 g/mol. The maximum absolute atomic E-state index is 13.9. The van der Waals surface area contributed by atoms with E-state index in [9.17, 15) is 32.3 Å². The second-order valence-electron chi connectivity index (χ2n) is 13.2.